The Bertz CT molecular complexity index is 1100. The van der Waals surface area contributed by atoms with Crippen LogP contribution in [0.25, 0.3) is 0 Å². The number of anilines is 1. The lowest BCUT2D eigenvalue weighted by molar-refractivity contribution is -0.120. The number of sulfonamides is 1. The zero-order chi connectivity index (χ0) is 22.4. The van der Waals surface area contributed by atoms with E-state index in [1.165, 1.54) is 12.1 Å². The first-order valence-corrected chi connectivity index (χ1v) is 11.5. The number of benzene rings is 3. The minimum Gasteiger partial charge on any atom is -0.307 e. The quantitative estimate of drug-likeness (QED) is 0.584. The minimum atomic E-state index is -3.73. The van der Waals surface area contributed by atoms with Crippen LogP contribution < -0.4 is 10.0 Å². The maximum absolute atomic E-state index is 13.3. The molecule has 0 aliphatic rings. The van der Waals surface area contributed by atoms with Crippen molar-refractivity contribution < 1.29 is 13.2 Å². The molecule has 6 nitrogen and oxygen atoms in total. The second kappa shape index (κ2) is 9.87. The van der Waals surface area contributed by atoms with Crippen LogP contribution in [0, 0.1) is 0 Å². The first-order valence-electron chi connectivity index (χ1n) is 9.98. The van der Waals surface area contributed by atoms with Crippen LogP contribution in [0.1, 0.15) is 24.1 Å². The van der Waals surface area contributed by atoms with E-state index in [0.717, 1.165) is 16.8 Å². The fourth-order valence-electron chi connectivity index (χ4n) is 3.32. The van der Waals surface area contributed by atoms with Crippen molar-refractivity contribution in [2.24, 2.45) is 5.14 Å². The van der Waals surface area contributed by atoms with Gasteiger partial charge in [-0.05, 0) is 49.4 Å². The van der Waals surface area contributed by atoms with Gasteiger partial charge in [0.15, 0.2) is 0 Å². The Kier molecular flexibility index (Phi) is 7.22. The van der Waals surface area contributed by atoms with Gasteiger partial charge in [-0.25, -0.2) is 13.6 Å². The van der Waals surface area contributed by atoms with E-state index in [0.29, 0.717) is 6.54 Å². The number of nitrogens with zero attached hydrogens (tertiary/aromatic N) is 2. The highest BCUT2D eigenvalue weighted by Crippen LogP contribution is 2.22. The number of rotatable bonds is 8. The maximum Gasteiger partial charge on any atom is 0.241 e. The van der Waals surface area contributed by atoms with Crippen LogP contribution in [0.5, 0.6) is 0 Å². The molecule has 1 atom stereocenters. The van der Waals surface area contributed by atoms with Crippen molar-refractivity contribution in [1.82, 2.24) is 4.90 Å². The fraction of sp³-hybridized carbons (Fsp3) is 0.208. The van der Waals surface area contributed by atoms with E-state index in [1.807, 2.05) is 79.5 Å². The average molecular weight is 438 g/mol. The normalized spacial score (nSPS) is 12.5. The largest absolute Gasteiger partial charge is 0.307 e. The van der Waals surface area contributed by atoms with Gasteiger partial charge in [-0.1, -0.05) is 60.7 Å². The van der Waals surface area contributed by atoms with Crippen molar-refractivity contribution in [1.29, 1.82) is 0 Å². The summed E-state index contributed by atoms with van der Waals surface area (Å²) in [5.74, 6) is -0.0226. The summed E-state index contributed by atoms with van der Waals surface area (Å²) in [7, 11) is -1.85. The third-order valence-electron chi connectivity index (χ3n) is 5.29. The topological polar surface area (TPSA) is 83.7 Å². The second-order valence-electron chi connectivity index (χ2n) is 7.51. The molecule has 0 bridgehead atoms. The number of carbonyl (C=O) groups is 1. The summed E-state index contributed by atoms with van der Waals surface area (Å²) in [5.41, 5.74) is 2.79. The molecule has 2 N–H and O–H groups in total. The molecule has 0 radical (unpaired) electrons. The van der Waals surface area contributed by atoms with E-state index >= 15 is 0 Å². The van der Waals surface area contributed by atoms with Crippen LogP contribution in [0.3, 0.4) is 0 Å². The smallest absolute Gasteiger partial charge is 0.241 e. The number of hydrogen-bond donors (Lipinski definition) is 1. The lowest BCUT2D eigenvalue weighted by Gasteiger charge is -2.29. The van der Waals surface area contributed by atoms with E-state index in [2.05, 4.69) is 0 Å². The molecule has 162 valence electrons. The van der Waals surface area contributed by atoms with Crippen molar-refractivity contribution in [2.75, 3.05) is 18.5 Å². The monoisotopic (exact) mass is 437 g/mol. The highest BCUT2D eigenvalue weighted by Gasteiger charge is 2.21. The molecule has 3 aromatic rings. The number of likely N-dealkylation sites (N-methyl/N-ethyl adjacent to an activating group) is 1. The Morgan fingerprint density at radius 1 is 0.903 bits per heavy atom. The molecule has 0 saturated heterocycles. The molecule has 3 aromatic carbocycles. The summed E-state index contributed by atoms with van der Waals surface area (Å²) >= 11 is 0. The lowest BCUT2D eigenvalue weighted by Crippen LogP contribution is -2.39. The highest BCUT2D eigenvalue weighted by atomic mass is 32.2. The summed E-state index contributed by atoms with van der Waals surface area (Å²) < 4.78 is 22.9. The van der Waals surface area contributed by atoms with Gasteiger partial charge in [-0.15, -0.1) is 0 Å². The Balaban J connectivity index is 1.75. The molecule has 0 aliphatic heterocycles. The average Bonchev–Trinajstić information content (AvgIpc) is 2.77. The molecule has 3 rings (SSSR count). The number of carbonyl (C=O) groups excluding carboxylic acids is 1. The number of primary sulfonamides is 1. The van der Waals surface area contributed by atoms with Crippen molar-refractivity contribution in [3.05, 3.63) is 96.1 Å². The Labute approximate surface area is 184 Å². The third kappa shape index (κ3) is 6.01. The predicted octanol–water partition coefficient (Wildman–Crippen LogP) is 3.56. The van der Waals surface area contributed by atoms with Crippen molar-refractivity contribution in [3.63, 3.8) is 0 Å². The number of amides is 1. The van der Waals surface area contributed by atoms with Gasteiger partial charge in [-0.2, -0.15) is 0 Å². The molecule has 0 fully saturated rings. The summed E-state index contributed by atoms with van der Waals surface area (Å²) in [6, 6.07) is 25.8. The minimum absolute atomic E-state index is 0.0226. The van der Waals surface area contributed by atoms with E-state index in [4.69, 9.17) is 5.14 Å². The van der Waals surface area contributed by atoms with E-state index < -0.39 is 10.0 Å². The van der Waals surface area contributed by atoms with Gasteiger partial charge in [0, 0.05) is 11.7 Å². The lowest BCUT2D eigenvalue weighted by atomic mass is 10.1. The van der Waals surface area contributed by atoms with E-state index in [1.54, 1.807) is 17.0 Å². The zero-order valence-corrected chi connectivity index (χ0v) is 18.5. The number of hydrogen-bond acceptors (Lipinski definition) is 4. The molecule has 0 aliphatic carbocycles. The zero-order valence-electron chi connectivity index (χ0n) is 17.7. The fourth-order valence-corrected chi connectivity index (χ4v) is 3.84. The molecule has 0 heterocycles. The SMILES string of the molecule is CC(c1ccc(S(N)(=O)=O)cc1)N(C)CC(=O)N(Cc1ccccc1)c1ccccc1. The van der Waals surface area contributed by atoms with Crippen LogP contribution in [0.15, 0.2) is 89.8 Å². The second-order valence-corrected chi connectivity index (χ2v) is 9.07. The van der Waals surface area contributed by atoms with E-state index in [9.17, 15) is 13.2 Å². The Morgan fingerprint density at radius 3 is 2.00 bits per heavy atom. The predicted molar refractivity (Wildman–Crippen MR) is 123 cm³/mol. The highest BCUT2D eigenvalue weighted by molar-refractivity contribution is 7.89. The van der Waals surface area contributed by atoms with Gasteiger partial charge in [-0.3, -0.25) is 9.69 Å². The third-order valence-corrected chi connectivity index (χ3v) is 6.22. The first kappa shape index (κ1) is 22.7. The molecular weight excluding hydrogens is 410 g/mol. The van der Waals surface area contributed by atoms with Crippen LogP contribution in [-0.2, 0) is 21.4 Å². The van der Waals surface area contributed by atoms with Gasteiger partial charge < -0.3 is 4.90 Å². The van der Waals surface area contributed by atoms with Crippen LogP contribution >= 0.6 is 0 Å². The molecule has 1 unspecified atom stereocenters. The Morgan fingerprint density at radius 2 is 1.45 bits per heavy atom. The van der Waals surface area contributed by atoms with Crippen molar-refractivity contribution in [3.8, 4) is 0 Å². The molecule has 0 saturated carbocycles. The van der Waals surface area contributed by atoms with Gasteiger partial charge in [0.2, 0.25) is 15.9 Å². The number of para-hydroxylation sites is 1. The molecule has 1 amide bonds. The van der Waals surface area contributed by atoms with Crippen molar-refractivity contribution in [2.45, 2.75) is 24.4 Å². The Hall–Kier alpha value is -3.00. The van der Waals surface area contributed by atoms with Crippen molar-refractivity contribution >= 4 is 21.6 Å². The van der Waals surface area contributed by atoms with Gasteiger partial charge in [0.25, 0.3) is 0 Å². The number of nitrogens with two attached hydrogens (primary N) is 1. The molecule has 0 spiro atoms. The van der Waals surface area contributed by atoms with Crippen LogP contribution in [0.2, 0.25) is 0 Å². The standard InChI is InChI=1S/C24H27N3O3S/c1-19(21-13-15-23(16-14-21)31(25,29)30)26(2)18-24(28)27(22-11-7-4-8-12-22)17-20-9-5-3-6-10-20/h3-16,19H,17-18H2,1-2H3,(H2,25,29,30). The van der Waals surface area contributed by atoms with Crippen LogP contribution in [0.4, 0.5) is 5.69 Å². The summed E-state index contributed by atoms with van der Waals surface area (Å²) in [6.07, 6.45) is 0. The van der Waals surface area contributed by atoms with E-state index in [-0.39, 0.29) is 23.4 Å². The molecular formula is C24H27N3O3S. The molecule has 31 heavy (non-hydrogen) atoms. The van der Waals surface area contributed by atoms with Gasteiger partial charge in [0.1, 0.15) is 0 Å². The summed E-state index contributed by atoms with van der Waals surface area (Å²) in [5, 5.41) is 5.17. The van der Waals surface area contributed by atoms with Gasteiger partial charge >= 0.3 is 0 Å². The summed E-state index contributed by atoms with van der Waals surface area (Å²) in [6.45, 7) is 2.66. The van der Waals surface area contributed by atoms with Crippen LogP contribution in [-0.4, -0.2) is 32.8 Å². The first-order chi connectivity index (χ1) is 14.8. The molecule has 7 heteroatoms. The molecule has 0 aromatic heterocycles. The summed E-state index contributed by atoms with van der Waals surface area (Å²) in [4.78, 5) is 17.1. The maximum atomic E-state index is 13.3. The van der Waals surface area contributed by atoms with Gasteiger partial charge in [0.05, 0.1) is 18.0 Å².